The second-order valence-electron chi connectivity index (χ2n) is 9.60. The number of hydrogen-bond acceptors (Lipinski definition) is 1. The minimum atomic E-state index is 1.01. The monoisotopic (exact) mass is 446 g/mol. The van der Waals surface area contributed by atoms with Crippen molar-refractivity contribution in [2.24, 2.45) is 0 Å². The van der Waals surface area contributed by atoms with E-state index in [1.165, 1.54) is 86.2 Å². The molecule has 34 heavy (non-hydrogen) atoms. The lowest BCUT2D eigenvalue weighted by molar-refractivity contribution is 1.32. The summed E-state index contributed by atoms with van der Waals surface area (Å²) in [6.45, 7) is 0. The Bertz CT molecular complexity index is 2040. The van der Waals surface area contributed by atoms with Gasteiger partial charge in [0.2, 0.25) is 0 Å². The molecule has 6 aromatic carbocycles. The smallest absolute Gasteiger partial charge is 0.0403 e. The molecule has 0 amide bonds. The summed E-state index contributed by atoms with van der Waals surface area (Å²) in [6, 6.07) is 36.3. The highest BCUT2D eigenvalue weighted by molar-refractivity contribution is 7.26. The van der Waals surface area contributed by atoms with Crippen LogP contribution < -0.4 is 0 Å². The van der Waals surface area contributed by atoms with E-state index in [1.807, 2.05) is 11.3 Å². The molecule has 1 aromatic heterocycles. The van der Waals surface area contributed by atoms with Crippen LogP contribution in [0.2, 0.25) is 0 Å². The van der Waals surface area contributed by atoms with E-state index in [0.717, 1.165) is 6.42 Å². The molecule has 1 heterocycles. The molecule has 0 spiro atoms. The van der Waals surface area contributed by atoms with E-state index in [-0.39, 0.29) is 0 Å². The highest BCUT2D eigenvalue weighted by Gasteiger charge is 2.31. The Labute approximate surface area is 200 Å². The number of hydrogen-bond donors (Lipinski definition) is 0. The van der Waals surface area contributed by atoms with Crippen molar-refractivity contribution < 1.29 is 0 Å². The summed E-state index contributed by atoms with van der Waals surface area (Å²) in [5.74, 6) is 0. The average molecular weight is 447 g/mol. The second-order valence-corrected chi connectivity index (χ2v) is 10.7. The second kappa shape index (κ2) is 5.94. The van der Waals surface area contributed by atoms with Crippen LogP contribution in [0, 0.1) is 0 Å². The molecule has 0 saturated carbocycles. The number of fused-ring (bicyclic) bond motifs is 14. The largest absolute Gasteiger partial charge is 0.135 e. The van der Waals surface area contributed by atoms with Crippen molar-refractivity contribution in [1.82, 2.24) is 0 Å². The fraction of sp³-hybridized carbons (Fsp3) is 0.0303. The Kier molecular flexibility index (Phi) is 3.06. The molecule has 1 heteroatoms. The van der Waals surface area contributed by atoms with Gasteiger partial charge in [-0.2, -0.15) is 0 Å². The summed E-state index contributed by atoms with van der Waals surface area (Å²) in [7, 11) is 0. The first kappa shape index (κ1) is 17.5. The van der Waals surface area contributed by atoms with Crippen LogP contribution in [0.5, 0.6) is 0 Å². The van der Waals surface area contributed by atoms with Gasteiger partial charge in [0.25, 0.3) is 0 Å². The summed E-state index contributed by atoms with van der Waals surface area (Å²) in [5, 5.41) is 8.46. The van der Waals surface area contributed by atoms with Gasteiger partial charge < -0.3 is 0 Å². The molecule has 156 valence electrons. The molecule has 7 aromatic rings. The normalized spacial score (nSPS) is 13.2. The quantitative estimate of drug-likeness (QED) is 0.217. The van der Waals surface area contributed by atoms with E-state index in [0.29, 0.717) is 0 Å². The van der Waals surface area contributed by atoms with E-state index >= 15 is 0 Å². The molecule has 0 fully saturated rings. The summed E-state index contributed by atoms with van der Waals surface area (Å²) >= 11 is 1.97. The Morgan fingerprint density at radius 2 is 1.15 bits per heavy atom. The highest BCUT2D eigenvalue weighted by Crippen LogP contribution is 2.56. The number of benzene rings is 6. The van der Waals surface area contributed by atoms with E-state index in [4.69, 9.17) is 0 Å². The molecule has 2 aliphatic rings. The third-order valence-electron chi connectivity index (χ3n) is 8.04. The molecular formula is C33H18S. The van der Waals surface area contributed by atoms with Crippen LogP contribution in [0.1, 0.15) is 11.1 Å². The summed E-state index contributed by atoms with van der Waals surface area (Å²) in [4.78, 5) is 0. The Morgan fingerprint density at radius 1 is 0.471 bits per heavy atom. The van der Waals surface area contributed by atoms with Crippen molar-refractivity contribution in [3.63, 3.8) is 0 Å². The van der Waals surface area contributed by atoms with Crippen molar-refractivity contribution in [3.8, 4) is 33.4 Å². The van der Waals surface area contributed by atoms with Gasteiger partial charge in [-0.25, -0.2) is 0 Å². The minimum Gasteiger partial charge on any atom is -0.135 e. The zero-order chi connectivity index (χ0) is 22.0. The lowest BCUT2D eigenvalue weighted by atomic mass is 9.91. The first-order valence-corrected chi connectivity index (χ1v) is 12.7. The van der Waals surface area contributed by atoms with Gasteiger partial charge >= 0.3 is 0 Å². The molecular weight excluding hydrogens is 428 g/mol. The van der Waals surface area contributed by atoms with Gasteiger partial charge in [-0.05, 0) is 78.2 Å². The van der Waals surface area contributed by atoms with Gasteiger partial charge in [0.1, 0.15) is 0 Å². The van der Waals surface area contributed by atoms with Crippen LogP contribution in [0.15, 0.2) is 97.1 Å². The van der Waals surface area contributed by atoms with E-state index < -0.39 is 0 Å². The summed E-state index contributed by atoms with van der Waals surface area (Å²) in [5.41, 5.74) is 11.4. The van der Waals surface area contributed by atoms with Crippen LogP contribution in [-0.4, -0.2) is 0 Å². The lowest BCUT2D eigenvalue weighted by Crippen LogP contribution is -1.86. The van der Waals surface area contributed by atoms with Gasteiger partial charge in [-0.3, -0.25) is 0 Å². The average Bonchev–Trinajstić information content (AvgIpc) is 3.56. The minimum absolute atomic E-state index is 1.01. The third kappa shape index (κ3) is 1.93. The fourth-order valence-corrected chi connectivity index (χ4v) is 7.99. The zero-order valence-corrected chi connectivity index (χ0v) is 19.2. The van der Waals surface area contributed by atoms with Crippen molar-refractivity contribution >= 4 is 53.1 Å². The lowest BCUT2D eigenvalue weighted by Gasteiger charge is -2.12. The van der Waals surface area contributed by atoms with Crippen molar-refractivity contribution in [3.05, 3.63) is 108 Å². The first-order valence-electron chi connectivity index (χ1n) is 11.9. The molecule has 0 bridgehead atoms. The van der Waals surface area contributed by atoms with Crippen molar-refractivity contribution in [1.29, 1.82) is 0 Å². The molecule has 0 radical (unpaired) electrons. The van der Waals surface area contributed by atoms with Crippen LogP contribution >= 0.6 is 11.3 Å². The topological polar surface area (TPSA) is 0 Å². The summed E-state index contributed by atoms with van der Waals surface area (Å²) in [6.07, 6.45) is 1.01. The van der Waals surface area contributed by atoms with Crippen LogP contribution in [0.3, 0.4) is 0 Å². The van der Waals surface area contributed by atoms with Gasteiger partial charge in [-0.1, -0.05) is 84.9 Å². The Balaban J connectivity index is 1.50. The maximum atomic E-state index is 2.50. The first-order chi connectivity index (χ1) is 16.9. The molecule has 0 saturated heterocycles. The van der Waals surface area contributed by atoms with Gasteiger partial charge in [0.15, 0.2) is 0 Å². The Morgan fingerprint density at radius 3 is 2.03 bits per heavy atom. The maximum absolute atomic E-state index is 2.50. The van der Waals surface area contributed by atoms with Gasteiger partial charge in [-0.15, -0.1) is 11.3 Å². The van der Waals surface area contributed by atoms with Crippen LogP contribution in [0.25, 0.3) is 75.1 Å². The van der Waals surface area contributed by atoms with E-state index in [9.17, 15) is 0 Å². The molecule has 2 aliphatic carbocycles. The number of thiophene rings is 1. The SMILES string of the molecule is c1ccc2c(c1)-c1cccc3c4c(cc-2c13)-c1c(c2sc3ccccc3c2c2ccccc12)C4. The Hall–Kier alpha value is -3.94. The molecule has 0 aliphatic heterocycles. The van der Waals surface area contributed by atoms with Crippen LogP contribution in [0.4, 0.5) is 0 Å². The molecule has 0 atom stereocenters. The fourth-order valence-electron chi connectivity index (χ4n) is 6.72. The standard InChI is InChI=1S/C33H18S/c1-2-9-19-18(8-1)20-13-7-14-23-25-16-28-31(27(25)17-26(19)30(20)23)21-10-3-4-11-22(21)32-24-12-5-6-15-29(24)34-33(28)32/h1-15,17H,16H2. The van der Waals surface area contributed by atoms with Crippen molar-refractivity contribution in [2.75, 3.05) is 0 Å². The maximum Gasteiger partial charge on any atom is 0.0403 e. The van der Waals surface area contributed by atoms with Gasteiger partial charge in [0, 0.05) is 26.6 Å². The molecule has 0 N–H and O–H groups in total. The van der Waals surface area contributed by atoms with Crippen molar-refractivity contribution in [2.45, 2.75) is 6.42 Å². The molecule has 0 unspecified atom stereocenters. The van der Waals surface area contributed by atoms with Crippen LogP contribution in [-0.2, 0) is 6.42 Å². The zero-order valence-electron chi connectivity index (χ0n) is 18.4. The summed E-state index contributed by atoms with van der Waals surface area (Å²) < 4.78 is 2.85. The molecule has 9 rings (SSSR count). The predicted molar refractivity (Wildman–Crippen MR) is 147 cm³/mol. The molecule has 0 nitrogen and oxygen atoms in total. The van der Waals surface area contributed by atoms with Gasteiger partial charge in [0.05, 0.1) is 0 Å². The van der Waals surface area contributed by atoms with E-state index in [1.54, 1.807) is 0 Å². The number of rotatable bonds is 0. The highest BCUT2D eigenvalue weighted by atomic mass is 32.1. The van der Waals surface area contributed by atoms with E-state index in [2.05, 4.69) is 97.1 Å². The third-order valence-corrected chi connectivity index (χ3v) is 9.27. The predicted octanol–water partition coefficient (Wildman–Crippen LogP) is 9.58.